The summed E-state index contributed by atoms with van der Waals surface area (Å²) in [4.78, 5) is 0.540. The molecule has 0 aromatic heterocycles. The van der Waals surface area contributed by atoms with Crippen LogP contribution in [0.4, 0.5) is 4.39 Å². The van der Waals surface area contributed by atoms with E-state index in [2.05, 4.69) is 0 Å². The summed E-state index contributed by atoms with van der Waals surface area (Å²) < 4.78 is 18.8. The van der Waals surface area contributed by atoms with E-state index in [1.54, 1.807) is 25.3 Å². The van der Waals surface area contributed by atoms with E-state index < -0.39 is 6.10 Å². The third-order valence-electron chi connectivity index (χ3n) is 2.98. The summed E-state index contributed by atoms with van der Waals surface area (Å²) in [5.74, 6) is 0.763. The minimum Gasteiger partial charge on any atom is -0.496 e. The number of thioether (sulfide) groups is 1. The number of aryl methyl sites for hydroxylation is 1. The highest BCUT2D eigenvalue weighted by atomic mass is 32.2. The number of halogens is 1. The minimum atomic E-state index is -0.700. The maximum atomic E-state index is 13.5. The van der Waals surface area contributed by atoms with Crippen LogP contribution >= 0.6 is 11.8 Å². The van der Waals surface area contributed by atoms with Crippen LogP contribution in [-0.4, -0.2) is 18.0 Å². The average Bonchev–Trinajstić information content (AvgIpc) is 2.46. The Balaban J connectivity index is 2.11. The van der Waals surface area contributed by atoms with Crippen molar-refractivity contribution in [3.05, 3.63) is 59.4 Å². The van der Waals surface area contributed by atoms with Crippen molar-refractivity contribution in [1.29, 1.82) is 0 Å². The summed E-state index contributed by atoms with van der Waals surface area (Å²) in [6.07, 6.45) is -0.700. The van der Waals surface area contributed by atoms with Gasteiger partial charge in [0.1, 0.15) is 11.6 Å². The molecule has 1 atom stereocenters. The predicted octanol–water partition coefficient (Wildman–Crippen LogP) is 3.97. The van der Waals surface area contributed by atoms with Crippen LogP contribution in [0.15, 0.2) is 47.4 Å². The number of hydrogen-bond donors (Lipinski definition) is 1. The number of ether oxygens (including phenoxy) is 1. The van der Waals surface area contributed by atoms with E-state index in [-0.39, 0.29) is 5.82 Å². The Morgan fingerprint density at radius 2 is 2.00 bits per heavy atom. The molecule has 2 rings (SSSR count). The van der Waals surface area contributed by atoms with Gasteiger partial charge in [0, 0.05) is 16.2 Å². The van der Waals surface area contributed by atoms with Crippen molar-refractivity contribution >= 4 is 11.8 Å². The molecule has 0 saturated heterocycles. The molecule has 0 fully saturated rings. The lowest BCUT2D eigenvalue weighted by Gasteiger charge is -2.15. The first-order valence-electron chi connectivity index (χ1n) is 6.31. The highest BCUT2D eigenvalue weighted by molar-refractivity contribution is 7.99. The van der Waals surface area contributed by atoms with Crippen LogP contribution in [0.25, 0.3) is 0 Å². The van der Waals surface area contributed by atoms with E-state index >= 15 is 0 Å². The van der Waals surface area contributed by atoms with E-state index in [0.717, 1.165) is 11.1 Å². The van der Waals surface area contributed by atoms with Gasteiger partial charge in [-0.2, -0.15) is 0 Å². The number of aliphatic hydroxyl groups is 1. The number of aliphatic hydroxyl groups excluding tert-OH is 1. The van der Waals surface area contributed by atoms with E-state index in [1.165, 1.54) is 17.8 Å². The molecule has 0 aliphatic carbocycles. The maximum absolute atomic E-state index is 13.5. The van der Waals surface area contributed by atoms with Gasteiger partial charge >= 0.3 is 0 Å². The van der Waals surface area contributed by atoms with Gasteiger partial charge in [0.25, 0.3) is 0 Å². The monoisotopic (exact) mass is 292 g/mol. The molecule has 0 bridgehead atoms. The van der Waals surface area contributed by atoms with Crippen LogP contribution in [0.1, 0.15) is 17.2 Å². The van der Waals surface area contributed by atoms with Crippen molar-refractivity contribution in [2.45, 2.75) is 17.9 Å². The number of benzene rings is 2. The van der Waals surface area contributed by atoms with Crippen molar-refractivity contribution in [3.8, 4) is 5.75 Å². The molecule has 0 aliphatic heterocycles. The van der Waals surface area contributed by atoms with Crippen molar-refractivity contribution < 1.29 is 14.2 Å². The lowest BCUT2D eigenvalue weighted by Crippen LogP contribution is -2.04. The molecule has 0 saturated carbocycles. The second-order valence-electron chi connectivity index (χ2n) is 4.50. The molecule has 2 nitrogen and oxygen atoms in total. The van der Waals surface area contributed by atoms with Crippen LogP contribution in [-0.2, 0) is 0 Å². The molecule has 0 amide bonds. The Morgan fingerprint density at radius 1 is 1.25 bits per heavy atom. The first kappa shape index (κ1) is 14.9. The van der Waals surface area contributed by atoms with Crippen LogP contribution in [0.3, 0.4) is 0 Å². The zero-order chi connectivity index (χ0) is 14.5. The average molecular weight is 292 g/mol. The van der Waals surface area contributed by atoms with Gasteiger partial charge in [-0.3, -0.25) is 0 Å². The van der Waals surface area contributed by atoms with Crippen molar-refractivity contribution in [3.63, 3.8) is 0 Å². The summed E-state index contributed by atoms with van der Waals surface area (Å²) in [6.45, 7) is 1.96. The standard InChI is InChI=1S/C16H17FO2S/c1-11-7-8-15(19-2)12(9-11)14(18)10-20-16-6-4-3-5-13(16)17/h3-9,14,18H,10H2,1-2H3. The maximum Gasteiger partial charge on any atom is 0.136 e. The molecule has 1 N–H and O–H groups in total. The largest absolute Gasteiger partial charge is 0.496 e. The van der Waals surface area contributed by atoms with Gasteiger partial charge in [-0.1, -0.05) is 23.8 Å². The van der Waals surface area contributed by atoms with Gasteiger partial charge in [0.05, 0.1) is 13.2 Å². The Labute approximate surface area is 122 Å². The van der Waals surface area contributed by atoms with Crippen molar-refractivity contribution in [2.24, 2.45) is 0 Å². The van der Waals surface area contributed by atoms with E-state index in [1.807, 2.05) is 25.1 Å². The van der Waals surface area contributed by atoms with E-state index in [9.17, 15) is 9.50 Å². The molecule has 0 heterocycles. The van der Waals surface area contributed by atoms with Gasteiger partial charge in [0.2, 0.25) is 0 Å². The first-order valence-corrected chi connectivity index (χ1v) is 7.30. The molecule has 1 unspecified atom stereocenters. The molecule has 0 radical (unpaired) electrons. The van der Waals surface area contributed by atoms with Crippen LogP contribution in [0.2, 0.25) is 0 Å². The van der Waals surface area contributed by atoms with Crippen LogP contribution in [0.5, 0.6) is 5.75 Å². The normalized spacial score (nSPS) is 12.2. The summed E-state index contributed by atoms with van der Waals surface area (Å²) >= 11 is 1.29. The third-order valence-corrected chi connectivity index (χ3v) is 4.10. The molecule has 0 aliphatic rings. The predicted molar refractivity (Wildman–Crippen MR) is 79.8 cm³/mol. The Kier molecular flexibility index (Phi) is 5.04. The van der Waals surface area contributed by atoms with Crippen molar-refractivity contribution in [1.82, 2.24) is 0 Å². The SMILES string of the molecule is COc1ccc(C)cc1C(O)CSc1ccccc1F. The number of methoxy groups -OCH3 is 1. The number of rotatable bonds is 5. The fourth-order valence-electron chi connectivity index (χ4n) is 1.93. The van der Waals surface area contributed by atoms with Gasteiger partial charge in [-0.25, -0.2) is 4.39 Å². The highest BCUT2D eigenvalue weighted by Gasteiger charge is 2.14. The summed E-state index contributed by atoms with van der Waals surface area (Å²) in [7, 11) is 1.57. The summed E-state index contributed by atoms with van der Waals surface area (Å²) in [5.41, 5.74) is 1.78. The van der Waals surface area contributed by atoms with Gasteiger partial charge in [-0.05, 0) is 31.2 Å². The minimum absolute atomic E-state index is 0.263. The van der Waals surface area contributed by atoms with Gasteiger partial charge in [0.15, 0.2) is 0 Å². The van der Waals surface area contributed by atoms with Gasteiger partial charge < -0.3 is 9.84 Å². The Bertz CT molecular complexity index is 586. The second-order valence-corrected chi connectivity index (χ2v) is 5.56. The first-order chi connectivity index (χ1) is 9.61. The smallest absolute Gasteiger partial charge is 0.136 e. The Hall–Kier alpha value is -1.52. The number of hydrogen-bond acceptors (Lipinski definition) is 3. The molecular weight excluding hydrogens is 275 g/mol. The second kappa shape index (κ2) is 6.77. The highest BCUT2D eigenvalue weighted by Crippen LogP contribution is 2.31. The zero-order valence-corrected chi connectivity index (χ0v) is 12.3. The van der Waals surface area contributed by atoms with Gasteiger partial charge in [-0.15, -0.1) is 11.8 Å². The lowest BCUT2D eigenvalue weighted by molar-refractivity contribution is 0.199. The summed E-state index contributed by atoms with van der Waals surface area (Å²) in [6, 6.07) is 12.2. The van der Waals surface area contributed by atoms with E-state index in [0.29, 0.717) is 16.4 Å². The molecule has 20 heavy (non-hydrogen) atoms. The molecular formula is C16H17FO2S. The molecule has 106 valence electrons. The fraction of sp³-hybridized carbons (Fsp3) is 0.250. The van der Waals surface area contributed by atoms with E-state index in [4.69, 9.17) is 4.74 Å². The molecule has 0 spiro atoms. The van der Waals surface area contributed by atoms with Crippen LogP contribution in [0, 0.1) is 12.7 Å². The lowest BCUT2D eigenvalue weighted by atomic mass is 10.1. The summed E-state index contributed by atoms with van der Waals surface area (Å²) in [5, 5.41) is 10.3. The molecule has 2 aromatic carbocycles. The molecule has 4 heteroatoms. The fourth-order valence-corrected chi connectivity index (χ4v) is 2.83. The Morgan fingerprint density at radius 3 is 2.70 bits per heavy atom. The van der Waals surface area contributed by atoms with Crippen molar-refractivity contribution in [2.75, 3.05) is 12.9 Å². The quantitative estimate of drug-likeness (QED) is 0.846. The topological polar surface area (TPSA) is 29.5 Å². The van der Waals surface area contributed by atoms with Crippen LogP contribution < -0.4 is 4.74 Å². The zero-order valence-electron chi connectivity index (χ0n) is 11.5. The third kappa shape index (κ3) is 3.52. The molecule has 2 aromatic rings.